The second kappa shape index (κ2) is 5.29. The van der Waals surface area contributed by atoms with Gasteiger partial charge in [-0.25, -0.2) is 4.39 Å². The van der Waals surface area contributed by atoms with E-state index in [1.165, 1.54) is 12.1 Å². The zero-order valence-corrected chi connectivity index (χ0v) is 8.72. The Morgan fingerprint density at radius 3 is 2.87 bits per heavy atom. The Hall–Kier alpha value is -1.64. The first-order chi connectivity index (χ1) is 7.19. The fourth-order valence-electron chi connectivity index (χ4n) is 1.22. The highest BCUT2D eigenvalue weighted by Crippen LogP contribution is 2.10. The first-order valence-electron chi connectivity index (χ1n) is 4.86. The average molecular weight is 207 g/mol. The molecular formula is C12H14FNO. The van der Waals surface area contributed by atoms with Crippen LogP contribution in [0.2, 0.25) is 0 Å². The molecule has 0 aliphatic rings. The zero-order valence-electron chi connectivity index (χ0n) is 8.72. The summed E-state index contributed by atoms with van der Waals surface area (Å²) in [6.07, 6.45) is 2.31. The summed E-state index contributed by atoms with van der Waals surface area (Å²) in [5.41, 5.74) is 0.960. The standard InChI is InChI=1S/C12H14FNO/c1-3-7-14-12(15)10-6-5-9(4-2)8-11(10)13/h3,5-6,8H,1,4,7H2,2H3,(H,14,15). The molecule has 0 heterocycles. The Kier molecular flexibility index (Phi) is 4.03. The van der Waals surface area contributed by atoms with Gasteiger partial charge in [-0.3, -0.25) is 4.79 Å². The van der Waals surface area contributed by atoms with Crippen LogP contribution in [-0.2, 0) is 6.42 Å². The molecule has 1 aromatic carbocycles. The fraction of sp³-hybridized carbons (Fsp3) is 0.250. The second-order valence-electron chi connectivity index (χ2n) is 3.17. The maximum absolute atomic E-state index is 13.4. The third-order valence-corrected chi connectivity index (χ3v) is 2.09. The number of carbonyl (C=O) groups excluding carboxylic acids is 1. The molecule has 0 radical (unpaired) electrons. The van der Waals surface area contributed by atoms with E-state index in [9.17, 15) is 9.18 Å². The third kappa shape index (κ3) is 2.91. The van der Waals surface area contributed by atoms with Crippen LogP contribution < -0.4 is 5.32 Å². The van der Waals surface area contributed by atoms with Crippen molar-refractivity contribution in [2.24, 2.45) is 0 Å². The Labute approximate surface area is 88.8 Å². The van der Waals surface area contributed by atoms with Crippen molar-refractivity contribution in [2.45, 2.75) is 13.3 Å². The van der Waals surface area contributed by atoms with Crippen LogP contribution in [0.4, 0.5) is 4.39 Å². The average Bonchev–Trinajstić information content (AvgIpc) is 2.25. The molecule has 0 bridgehead atoms. The van der Waals surface area contributed by atoms with E-state index < -0.39 is 11.7 Å². The topological polar surface area (TPSA) is 29.1 Å². The predicted octanol–water partition coefficient (Wildman–Crippen LogP) is 2.30. The van der Waals surface area contributed by atoms with Crippen molar-refractivity contribution in [1.29, 1.82) is 0 Å². The van der Waals surface area contributed by atoms with Crippen LogP contribution >= 0.6 is 0 Å². The molecule has 1 N–H and O–H groups in total. The van der Waals surface area contributed by atoms with Crippen molar-refractivity contribution in [2.75, 3.05) is 6.54 Å². The summed E-state index contributed by atoms with van der Waals surface area (Å²) in [5, 5.41) is 2.53. The van der Waals surface area contributed by atoms with Gasteiger partial charge in [0.25, 0.3) is 5.91 Å². The highest BCUT2D eigenvalue weighted by Gasteiger charge is 2.10. The Bertz CT molecular complexity index is 374. The lowest BCUT2D eigenvalue weighted by molar-refractivity contribution is 0.0954. The summed E-state index contributed by atoms with van der Waals surface area (Å²) < 4.78 is 13.4. The minimum absolute atomic E-state index is 0.0778. The van der Waals surface area contributed by atoms with E-state index in [1.807, 2.05) is 6.92 Å². The summed E-state index contributed by atoms with van der Waals surface area (Å²) in [4.78, 5) is 11.4. The van der Waals surface area contributed by atoms with E-state index in [-0.39, 0.29) is 5.56 Å². The summed E-state index contributed by atoms with van der Waals surface area (Å²) in [6.45, 7) is 5.75. The maximum atomic E-state index is 13.4. The van der Waals surface area contributed by atoms with Gasteiger partial charge in [0.15, 0.2) is 0 Å². The summed E-state index contributed by atoms with van der Waals surface area (Å²) in [6, 6.07) is 4.65. The van der Waals surface area contributed by atoms with E-state index in [0.29, 0.717) is 6.54 Å². The molecule has 0 saturated carbocycles. The Balaban J connectivity index is 2.85. The van der Waals surface area contributed by atoms with Crippen LogP contribution in [0.15, 0.2) is 30.9 Å². The van der Waals surface area contributed by atoms with Gasteiger partial charge >= 0.3 is 0 Å². The van der Waals surface area contributed by atoms with Crippen LogP contribution in [-0.4, -0.2) is 12.5 Å². The second-order valence-corrected chi connectivity index (χ2v) is 3.17. The van der Waals surface area contributed by atoms with E-state index in [1.54, 1.807) is 12.1 Å². The molecule has 3 heteroatoms. The first kappa shape index (κ1) is 11.4. The van der Waals surface area contributed by atoms with Gasteiger partial charge in [-0.1, -0.05) is 19.1 Å². The number of hydrogen-bond acceptors (Lipinski definition) is 1. The van der Waals surface area contributed by atoms with Crippen molar-refractivity contribution in [3.8, 4) is 0 Å². The molecule has 1 aromatic rings. The van der Waals surface area contributed by atoms with Gasteiger partial charge in [-0.15, -0.1) is 6.58 Å². The highest BCUT2D eigenvalue weighted by atomic mass is 19.1. The van der Waals surface area contributed by atoms with Gasteiger partial charge in [0.2, 0.25) is 0 Å². The first-order valence-corrected chi connectivity index (χ1v) is 4.86. The fourth-order valence-corrected chi connectivity index (χ4v) is 1.22. The Morgan fingerprint density at radius 2 is 2.33 bits per heavy atom. The number of rotatable bonds is 4. The van der Waals surface area contributed by atoms with Crippen molar-refractivity contribution < 1.29 is 9.18 Å². The molecule has 0 atom stereocenters. The normalized spacial score (nSPS) is 9.73. The van der Waals surface area contributed by atoms with Gasteiger partial charge in [0.05, 0.1) is 5.56 Å². The monoisotopic (exact) mass is 207 g/mol. The number of aryl methyl sites for hydroxylation is 1. The molecule has 0 unspecified atom stereocenters. The molecule has 0 spiro atoms. The van der Waals surface area contributed by atoms with Crippen LogP contribution in [0.1, 0.15) is 22.8 Å². The molecule has 0 aliphatic heterocycles. The Morgan fingerprint density at radius 1 is 1.60 bits per heavy atom. The predicted molar refractivity (Wildman–Crippen MR) is 58.3 cm³/mol. The lowest BCUT2D eigenvalue weighted by atomic mass is 10.1. The summed E-state index contributed by atoms with van der Waals surface area (Å²) >= 11 is 0. The van der Waals surface area contributed by atoms with Crippen LogP contribution in [0.5, 0.6) is 0 Å². The van der Waals surface area contributed by atoms with E-state index in [2.05, 4.69) is 11.9 Å². The van der Waals surface area contributed by atoms with Crippen molar-refractivity contribution in [3.63, 3.8) is 0 Å². The van der Waals surface area contributed by atoms with E-state index >= 15 is 0 Å². The van der Waals surface area contributed by atoms with Crippen molar-refractivity contribution in [3.05, 3.63) is 47.8 Å². The third-order valence-electron chi connectivity index (χ3n) is 2.09. The SMILES string of the molecule is C=CCNC(=O)c1ccc(CC)cc1F. The minimum Gasteiger partial charge on any atom is -0.348 e. The number of amides is 1. The number of benzene rings is 1. The minimum atomic E-state index is -0.476. The molecule has 0 saturated heterocycles. The molecule has 1 rings (SSSR count). The number of hydrogen-bond donors (Lipinski definition) is 1. The lowest BCUT2D eigenvalue weighted by Crippen LogP contribution is -2.24. The largest absolute Gasteiger partial charge is 0.348 e. The molecule has 15 heavy (non-hydrogen) atoms. The van der Waals surface area contributed by atoms with Gasteiger partial charge in [0, 0.05) is 6.54 Å². The summed E-state index contributed by atoms with van der Waals surface area (Å²) in [7, 11) is 0. The van der Waals surface area contributed by atoms with Crippen molar-refractivity contribution in [1.82, 2.24) is 5.32 Å². The van der Waals surface area contributed by atoms with Gasteiger partial charge in [-0.05, 0) is 24.1 Å². The smallest absolute Gasteiger partial charge is 0.254 e. The summed E-state index contributed by atoms with van der Waals surface area (Å²) in [5.74, 6) is -0.883. The molecule has 0 aliphatic carbocycles. The molecule has 80 valence electrons. The van der Waals surface area contributed by atoms with Gasteiger partial charge in [-0.2, -0.15) is 0 Å². The van der Waals surface area contributed by atoms with Crippen molar-refractivity contribution >= 4 is 5.91 Å². The van der Waals surface area contributed by atoms with Crippen LogP contribution in [0, 0.1) is 5.82 Å². The highest BCUT2D eigenvalue weighted by molar-refractivity contribution is 5.94. The molecule has 0 aromatic heterocycles. The quantitative estimate of drug-likeness (QED) is 0.754. The number of nitrogens with one attached hydrogen (secondary N) is 1. The maximum Gasteiger partial charge on any atom is 0.254 e. The van der Waals surface area contributed by atoms with E-state index in [0.717, 1.165) is 12.0 Å². The van der Waals surface area contributed by atoms with Crippen LogP contribution in [0.3, 0.4) is 0 Å². The molecule has 2 nitrogen and oxygen atoms in total. The van der Waals surface area contributed by atoms with E-state index in [4.69, 9.17) is 0 Å². The molecule has 1 amide bonds. The molecule has 0 fully saturated rings. The van der Waals surface area contributed by atoms with Crippen LogP contribution in [0.25, 0.3) is 0 Å². The number of halogens is 1. The lowest BCUT2D eigenvalue weighted by Gasteiger charge is -2.05. The molecular weight excluding hydrogens is 193 g/mol. The van der Waals surface area contributed by atoms with Gasteiger partial charge < -0.3 is 5.32 Å². The van der Waals surface area contributed by atoms with Gasteiger partial charge in [0.1, 0.15) is 5.82 Å². The zero-order chi connectivity index (χ0) is 11.3. The number of carbonyl (C=O) groups is 1.